The highest BCUT2D eigenvalue weighted by molar-refractivity contribution is 5.99. The molecule has 1 fully saturated rings. The van der Waals surface area contributed by atoms with Crippen LogP contribution in [0.25, 0.3) is 11.3 Å². The molecular weight excluding hydrogens is 328 g/mol. The summed E-state index contributed by atoms with van der Waals surface area (Å²) in [5.41, 5.74) is 2.97. The third-order valence-electron chi connectivity index (χ3n) is 4.69. The van der Waals surface area contributed by atoms with Crippen molar-refractivity contribution in [1.29, 1.82) is 0 Å². The SMILES string of the molecule is Cc1ncc(C(=O)N(C)C)c(-c2ccc(CNC(=O)[C@@H]3C[C@@H]3C)cc2)n1. The van der Waals surface area contributed by atoms with Crippen molar-refractivity contribution in [3.8, 4) is 11.3 Å². The summed E-state index contributed by atoms with van der Waals surface area (Å²) in [5, 5.41) is 2.98. The van der Waals surface area contributed by atoms with Crippen LogP contribution in [0.5, 0.6) is 0 Å². The van der Waals surface area contributed by atoms with Gasteiger partial charge in [0.2, 0.25) is 5.91 Å². The molecule has 1 aliphatic rings. The Morgan fingerprint density at radius 1 is 1.23 bits per heavy atom. The summed E-state index contributed by atoms with van der Waals surface area (Å²) >= 11 is 0. The van der Waals surface area contributed by atoms with Crippen LogP contribution in [-0.2, 0) is 11.3 Å². The van der Waals surface area contributed by atoms with E-state index >= 15 is 0 Å². The van der Waals surface area contributed by atoms with Gasteiger partial charge in [0.15, 0.2) is 0 Å². The van der Waals surface area contributed by atoms with Crippen LogP contribution in [0, 0.1) is 18.8 Å². The normalized spacial score (nSPS) is 18.3. The van der Waals surface area contributed by atoms with Crippen molar-refractivity contribution in [1.82, 2.24) is 20.2 Å². The number of carbonyl (C=O) groups excluding carboxylic acids is 2. The van der Waals surface area contributed by atoms with Gasteiger partial charge in [-0.05, 0) is 24.8 Å². The number of hydrogen-bond acceptors (Lipinski definition) is 4. The van der Waals surface area contributed by atoms with Crippen LogP contribution in [0.3, 0.4) is 0 Å². The molecule has 2 aromatic rings. The number of nitrogens with zero attached hydrogens (tertiary/aromatic N) is 3. The van der Waals surface area contributed by atoms with E-state index in [1.165, 1.54) is 4.90 Å². The minimum Gasteiger partial charge on any atom is -0.352 e. The molecule has 2 amide bonds. The largest absolute Gasteiger partial charge is 0.352 e. The number of carbonyl (C=O) groups is 2. The predicted octanol–water partition coefficient (Wildman–Crippen LogP) is 2.43. The molecule has 3 rings (SSSR count). The number of nitrogens with one attached hydrogen (secondary N) is 1. The van der Waals surface area contributed by atoms with Gasteiger partial charge in [0.25, 0.3) is 5.91 Å². The molecule has 136 valence electrons. The molecule has 6 heteroatoms. The standard InChI is InChI=1S/C20H24N4O2/c1-12-9-16(12)19(25)22-10-14-5-7-15(8-6-14)18-17(20(26)24(3)4)11-21-13(2)23-18/h5-8,11-12,16H,9-10H2,1-4H3,(H,22,25)/t12-,16+/m0/s1. The van der Waals surface area contributed by atoms with Crippen molar-refractivity contribution in [3.63, 3.8) is 0 Å². The van der Waals surface area contributed by atoms with E-state index in [-0.39, 0.29) is 17.7 Å². The molecule has 1 N–H and O–H groups in total. The lowest BCUT2D eigenvalue weighted by Crippen LogP contribution is -2.24. The van der Waals surface area contributed by atoms with E-state index in [0.29, 0.717) is 29.5 Å². The molecule has 6 nitrogen and oxygen atoms in total. The lowest BCUT2D eigenvalue weighted by molar-refractivity contribution is -0.122. The average Bonchev–Trinajstić information content (AvgIpc) is 3.36. The molecule has 1 heterocycles. The van der Waals surface area contributed by atoms with Crippen molar-refractivity contribution < 1.29 is 9.59 Å². The third-order valence-corrected chi connectivity index (χ3v) is 4.69. The van der Waals surface area contributed by atoms with E-state index in [2.05, 4.69) is 22.2 Å². The molecule has 0 radical (unpaired) electrons. The van der Waals surface area contributed by atoms with Crippen molar-refractivity contribution in [3.05, 3.63) is 47.4 Å². The van der Waals surface area contributed by atoms with E-state index < -0.39 is 0 Å². The fourth-order valence-electron chi connectivity index (χ4n) is 2.88. The van der Waals surface area contributed by atoms with Crippen LogP contribution in [0.2, 0.25) is 0 Å². The monoisotopic (exact) mass is 352 g/mol. The zero-order valence-electron chi connectivity index (χ0n) is 15.6. The number of amides is 2. The van der Waals surface area contributed by atoms with Crippen molar-refractivity contribution in [2.45, 2.75) is 26.8 Å². The van der Waals surface area contributed by atoms with Gasteiger partial charge in [-0.2, -0.15) is 0 Å². The Morgan fingerprint density at radius 3 is 2.46 bits per heavy atom. The minimum atomic E-state index is -0.130. The first-order valence-electron chi connectivity index (χ1n) is 8.79. The van der Waals surface area contributed by atoms with Crippen molar-refractivity contribution in [2.24, 2.45) is 11.8 Å². The molecule has 1 aromatic carbocycles. The Kier molecular flexibility index (Phi) is 5.02. The highest BCUT2D eigenvalue weighted by atomic mass is 16.2. The van der Waals surface area contributed by atoms with Gasteiger partial charge in [-0.1, -0.05) is 31.2 Å². The average molecular weight is 352 g/mol. The summed E-state index contributed by atoms with van der Waals surface area (Å²) in [4.78, 5) is 34.5. The second kappa shape index (κ2) is 7.23. The predicted molar refractivity (Wildman–Crippen MR) is 99.3 cm³/mol. The quantitative estimate of drug-likeness (QED) is 0.897. The fourth-order valence-corrected chi connectivity index (χ4v) is 2.88. The van der Waals surface area contributed by atoms with Crippen molar-refractivity contribution >= 4 is 11.8 Å². The van der Waals surface area contributed by atoms with Gasteiger partial charge < -0.3 is 10.2 Å². The smallest absolute Gasteiger partial charge is 0.257 e. The fraction of sp³-hybridized carbons (Fsp3) is 0.400. The van der Waals surface area contributed by atoms with Crippen LogP contribution in [0.15, 0.2) is 30.5 Å². The molecule has 1 aliphatic carbocycles. The van der Waals surface area contributed by atoms with Gasteiger partial charge in [0, 0.05) is 38.3 Å². The maximum absolute atomic E-state index is 12.4. The number of hydrogen-bond donors (Lipinski definition) is 1. The van der Waals surface area contributed by atoms with Gasteiger partial charge in [-0.25, -0.2) is 9.97 Å². The van der Waals surface area contributed by atoms with Crippen LogP contribution in [0.1, 0.15) is 35.1 Å². The van der Waals surface area contributed by atoms with Crippen molar-refractivity contribution in [2.75, 3.05) is 14.1 Å². The summed E-state index contributed by atoms with van der Waals surface area (Å²) in [5.74, 6) is 1.30. The molecule has 0 aliphatic heterocycles. The van der Waals surface area contributed by atoms with Crippen LogP contribution < -0.4 is 5.32 Å². The number of aryl methyl sites for hydroxylation is 1. The molecule has 0 spiro atoms. The van der Waals surface area contributed by atoms with Crippen LogP contribution in [0.4, 0.5) is 0 Å². The van der Waals surface area contributed by atoms with Crippen LogP contribution in [-0.4, -0.2) is 40.8 Å². The Balaban J connectivity index is 1.77. The highest BCUT2D eigenvalue weighted by Crippen LogP contribution is 2.37. The first-order valence-corrected chi connectivity index (χ1v) is 8.79. The molecule has 0 saturated heterocycles. The second-order valence-corrected chi connectivity index (χ2v) is 7.11. The van der Waals surface area contributed by atoms with E-state index in [4.69, 9.17) is 0 Å². The zero-order valence-corrected chi connectivity index (χ0v) is 15.6. The first-order chi connectivity index (χ1) is 12.4. The molecule has 2 atom stereocenters. The number of aromatic nitrogens is 2. The maximum atomic E-state index is 12.4. The van der Waals surface area contributed by atoms with Gasteiger partial charge in [-0.3, -0.25) is 9.59 Å². The summed E-state index contributed by atoms with van der Waals surface area (Å²) in [6, 6.07) is 7.76. The van der Waals surface area contributed by atoms with E-state index in [0.717, 1.165) is 17.5 Å². The van der Waals surface area contributed by atoms with E-state index in [1.807, 2.05) is 24.3 Å². The number of benzene rings is 1. The Morgan fingerprint density at radius 2 is 1.88 bits per heavy atom. The summed E-state index contributed by atoms with van der Waals surface area (Å²) in [6.07, 6.45) is 2.56. The minimum absolute atomic E-state index is 0.130. The molecule has 0 unspecified atom stereocenters. The third kappa shape index (κ3) is 3.90. The van der Waals surface area contributed by atoms with Gasteiger partial charge in [0.1, 0.15) is 5.82 Å². The zero-order chi connectivity index (χ0) is 18.8. The lowest BCUT2D eigenvalue weighted by Gasteiger charge is -2.14. The Hall–Kier alpha value is -2.76. The van der Waals surface area contributed by atoms with Crippen LogP contribution >= 0.6 is 0 Å². The van der Waals surface area contributed by atoms with Gasteiger partial charge >= 0.3 is 0 Å². The highest BCUT2D eigenvalue weighted by Gasteiger charge is 2.38. The van der Waals surface area contributed by atoms with E-state index in [1.54, 1.807) is 27.2 Å². The molecule has 26 heavy (non-hydrogen) atoms. The first kappa shape index (κ1) is 18.0. The topological polar surface area (TPSA) is 75.2 Å². The summed E-state index contributed by atoms with van der Waals surface area (Å²) < 4.78 is 0. The molecular formula is C20H24N4O2. The Labute approximate surface area is 153 Å². The number of rotatable bonds is 5. The van der Waals surface area contributed by atoms with E-state index in [9.17, 15) is 9.59 Å². The molecule has 1 saturated carbocycles. The molecule has 1 aromatic heterocycles. The molecule has 0 bridgehead atoms. The maximum Gasteiger partial charge on any atom is 0.257 e. The second-order valence-electron chi connectivity index (χ2n) is 7.11. The Bertz CT molecular complexity index is 830. The summed E-state index contributed by atoms with van der Waals surface area (Å²) in [6.45, 7) is 4.40. The summed E-state index contributed by atoms with van der Waals surface area (Å²) in [7, 11) is 3.41. The van der Waals surface area contributed by atoms with Gasteiger partial charge in [0.05, 0.1) is 11.3 Å². The lowest BCUT2D eigenvalue weighted by atomic mass is 10.0. The van der Waals surface area contributed by atoms with Gasteiger partial charge in [-0.15, -0.1) is 0 Å².